The molecule has 0 aromatic heterocycles. The summed E-state index contributed by atoms with van der Waals surface area (Å²) in [4.78, 5) is 10.4. The summed E-state index contributed by atoms with van der Waals surface area (Å²) in [5.41, 5.74) is 0. The molecule has 60 valence electrons. The van der Waals surface area contributed by atoms with Crippen LogP contribution in [0.4, 0.5) is 0 Å². The van der Waals surface area contributed by atoms with Gasteiger partial charge in [0.2, 0.25) is 0 Å². The molecule has 0 heterocycles. The third-order valence-corrected chi connectivity index (χ3v) is 2.04. The highest BCUT2D eigenvalue weighted by Crippen LogP contribution is 2.08. The molecular formula is C6H12O2S2. The Morgan fingerprint density at radius 3 is 2.40 bits per heavy atom. The van der Waals surface area contributed by atoms with Gasteiger partial charge < -0.3 is 5.11 Å². The van der Waals surface area contributed by atoms with E-state index in [4.69, 9.17) is 5.11 Å². The van der Waals surface area contributed by atoms with Crippen LogP contribution in [0, 0.1) is 5.92 Å². The SMILES string of the molecule is O=C(O)C(CS)CCCS. The van der Waals surface area contributed by atoms with Crippen LogP contribution in [0.25, 0.3) is 0 Å². The van der Waals surface area contributed by atoms with Gasteiger partial charge in [-0.1, -0.05) is 0 Å². The molecule has 0 fully saturated rings. The highest BCUT2D eigenvalue weighted by Gasteiger charge is 2.13. The van der Waals surface area contributed by atoms with Crippen LogP contribution in [0.3, 0.4) is 0 Å². The van der Waals surface area contributed by atoms with E-state index in [1.54, 1.807) is 0 Å². The van der Waals surface area contributed by atoms with Crippen LogP contribution in [0.2, 0.25) is 0 Å². The largest absolute Gasteiger partial charge is 0.481 e. The third-order valence-electron chi connectivity index (χ3n) is 1.28. The molecule has 0 aliphatic carbocycles. The molecule has 0 saturated heterocycles. The first-order valence-electron chi connectivity index (χ1n) is 3.17. The molecular weight excluding hydrogens is 168 g/mol. The Morgan fingerprint density at radius 2 is 2.10 bits per heavy atom. The molecule has 0 bridgehead atoms. The molecule has 1 atom stereocenters. The molecule has 2 nitrogen and oxygen atoms in total. The minimum Gasteiger partial charge on any atom is -0.481 e. The van der Waals surface area contributed by atoms with Crippen molar-refractivity contribution in [1.82, 2.24) is 0 Å². The molecule has 0 aliphatic heterocycles. The van der Waals surface area contributed by atoms with E-state index in [1.807, 2.05) is 0 Å². The van der Waals surface area contributed by atoms with E-state index in [2.05, 4.69) is 25.3 Å². The van der Waals surface area contributed by atoms with Gasteiger partial charge in [-0.15, -0.1) is 0 Å². The van der Waals surface area contributed by atoms with Crippen LogP contribution in [0.5, 0.6) is 0 Å². The zero-order chi connectivity index (χ0) is 7.98. The Bertz CT molecular complexity index is 106. The molecule has 0 radical (unpaired) electrons. The van der Waals surface area contributed by atoms with E-state index >= 15 is 0 Å². The number of aliphatic carboxylic acids is 1. The maximum atomic E-state index is 10.4. The second-order valence-electron chi connectivity index (χ2n) is 2.08. The Labute approximate surface area is 71.8 Å². The van der Waals surface area contributed by atoms with E-state index in [1.165, 1.54) is 0 Å². The number of carboxylic acid groups (broad SMARTS) is 1. The topological polar surface area (TPSA) is 37.3 Å². The molecule has 0 rings (SSSR count). The van der Waals surface area contributed by atoms with Crippen molar-refractivity contribution in [3.8, 4) is 0 Å². The summed E-state index contributed by atoms with van der Waals surface area (Å²) in [5, 5.41) is 8.53. The number of hydrogen-bond donors (Lipinski definition) is 3. The fourth-order valence-corrected chi connectivity index (χ4v) is 1.15. The maximum Gasteiger partial charge on any atom is 0.307 e. The molecule has 4 heteroatoms. The second-order valence-corrected chi connectivity index (χ2v) is 2.90. The lowest BCUT2D eigenvalue weighted by molar-refractivity contribution is -0.141. The van der Waals surface area contributed by atoms with Crippen molar-refractivity contribution in [3.05, 3.63) is 0 Å². The molecule has 0 aromatic rings. The van der Waals surface area contributed by atoms with Gasteiger partial charge in [0.1, 0.15) is 0 Å². The Balaban J connectivity index is 3.50. The molecule has 1 N–H and O–H groups in total. The summed E-state index contributed by atoms with van der Waals surface area (Å²) in [6.45, 7) is 0. The van der Waals surface area contributed by atoms with E-state index in [0.29, 0.717) is 12.2 Å². The van der Waals surface area contributed by atoms with E-state index in [0.717, 1.165) is 12.2 Å². The smallest absolute Gasteiger partial charge is 0.307 e. The van der Waals surface area contributed by atoms with Gasteiger partial charge in [0.15, 0.2) is 0 Å². The summed E-state index contributed by atoms with van der Waals surface area (Å²) in [5.74, 6) is 0.119. The first-order valence-corrected chi connectivity index (χ1v) is 4.43. The predicted molar refractivity (Wildman–Crippen MR) is 48.1 cm³/mol. The van der Waals surface area contributed by atoms with Crippen LogP contribution in [0.15, 0.2) is 0 Å². The van der Waals surface area contributed by atoms with Crippen molar-refractivity contribution in [2.24, 2.45) is 5.92 Å². The van der Waals surface area contributed by atoms with Crippen molar-refractivity contribution in [2.75, 3.05) is 11.5 Å². The fourth-order valence-electron chi connectivity index (χ4n) is 0.631. The lowest BCUT2D eigenvalue weighted by Crippen LogP contribution is -2.15. The quantitative estimate of drug-likeness (QED) is 0.558. The van der Waals surface area contributed by atoms with Crippen molar-refractivity contribution >= 4 is 31.2 Å². The Hall–Kier alpha value is 0.170. The monoisotopic (exact) mass is 180 g/mol. The molecule has 10 heavy (non-hydrogen) atoms. The third kappa shape index (κ3) is 4.06. The summed E-state index contributed by atoms with van der Waals surface area (Å²) in [7, 11) is 0. The van der Waals surface area contributed by atoms with Crippen LogP contribution in [-0.2, 0) is 4.79 Å². The summed E-state index contributed by atoms with van der Waals surface area (Å²) < 4.78 is 0. The first-order chi connectivity index (χ1) is 4.72. The zero-order valence-electron chi connectivity index (χ0n) is 5.66. The number of hydrogen-bond acceptors (Lipinski definition) is 3. The number of carboxylic acids is 1. The maximum absolute atomic E-state index is 10.4. The minimum atomic E-state index is -0.753. The van der Waals surface area contributed by atoms with Crippen molar-refractivity contribution in [1.29, 1.82) is 0 Å². The van der Waals surface area contributed by atoms with Gasteiger partial charge in [0, 0.05) is 5.75 Å². The van der Waals surface area contributed by atoms with Crippen molar-refractivity contribution in [3.63, 3.8) is 0 Å². The number of thiol groups is 2. The molecule has 0 spiro atoms. The van der Waals surface area contributed by atoms with E-state index < -0.39 is 5.97 Å². The summed E-state index contributed by atoms with van der Waals surface area (Å²) >= 11 is 7.91. The molecule has 0 amide bonds. The highest BCUT2D eigenvalue weighted by atomic mass is 32.1. The molecule has 0 aromatic carbocycles. The van der Waals surface area contributed by atoms with Crippen molar-refractivity contribution < 1.29 is 9.90 Å². The normalized spacial score (nSPS) is 13.0. The van der Waals surface area contributed by atoms with Crippen LogP contribution in [0.1, 0.15) is 12.8 Å². The van der Waals surface area contributed by atoms with Crippen LogP contribution in [-0.4, -0.2) is 22.6 Å². The van der Waals surface area contributed by atoms with Gasteiger partial charge in [0.05, 0.1) is 5.92 Å². The van der Waals surface area contributed by atoms with Gasteiger partial charge >= 0.3 is 5.97 Å². The van der Waals surface area contributed by atoms with Crippen LogP contribution < -0.4 is 0 Å². The van der Waals surface area contributed by atoms with Gasteiger partial charge in [-0.05, 0) is 18.6 Å². The minimum absolute atomic E-state index is 0.296. The lowest BCUT2D eigenvalue weighted by Gasteiger charge is -2.06. The van der Waals surface area contributed by atoms with E-state index in [9.17, 15) is 4.79 Å². The Kier molecular flexibility index (Phi) is 6.02. The first kappa shape index (κ1) is 10.2. The van der Waals surface area contributed by atoms with Gasteiger partial charge in [-0.25, -0.2) is 0 Å². The average Bonchev–Trinajstić information content (AvgIpc) is 1.89. The molecule has 0 aliphatic rings. The fraction of sp³-hybridized carbons (Fsp3) is 0.833. The van der Waals surface area contributed by atoms with Crippen LogP contribution >= 0.6 is 25.3 Å². The molecule has 1 unspecified atom stereocenters. The Morgan fingerprint density at radius 1 is 1.50 bits per heavy atom. The summed E-state index contributed by atoms with van der Waals surface area (Å²) in [6, 6.07) is 0. The zero-order valence-corrected chi connectivity index (χ0v) is 7.44. The van der Waals surface area contributed by atoms with Gasteiger partial charge in [-0.3, -0.25) is 4.79 Å². The van der Waals surface area contributed by atoms with Crippen molar-refractivity contribution in [2.45, 2.75) is 12.8 Å². The lowest BCUT2D eigenvalue weighted by atomic mass is 10.1. The summed E-state index contributed by atoms with van der Waals surface area (Å²) in [6.07, 6.45) is 1.53. The van der Waals surface area contributed by atoms with E-state index in [-0.39, 0.29) is 5.92 Å². The molecule has 0 saturated carbocycles. The number of carbonyl (C=O) groups is 1. The van der Waals surface area contributed by atoms with Gasteiger partial charge in [-0.2, -0.15) is 25.3 Å². The standard InChI is InChI=1S/C6H12O2S2/c7-6(8)5(4-10)2-1-3-9/h5,9-10H,1-4H2,(H,7,8). The average molecular weight is 180 g/mol. The highest BCUT2D eigenvalue weighted by molar-refractivity contribution is 7.80. The second kappa shape index (κ2) is 5.92. The van der Waals surface area contributed by atoms with Gasteiger partial charge in [0.25, 0.3) is 0 Å². The predicted octanol–water partition coefficient (Wildman–Crippen LogP) is 1.33. The number of rotatable bonds is 5.